The Labute approximate surface area is 129 Å². The number of anilines is 1. The van der Waals surface area contributed by atoms with E-state index in [0.29, 0.717) is 4.47 Å². The lowest BCUT2D eigenvalue weighted by Gasteiger charge is -2.18. The smallest absolute Gasteiger partial charge is 0.137 e. The molecule has 1 nitrogen and oxygen atoms in total. The summed E-state index contributed by atoms with van der Waals surface area (Å²) in [6.07, 6.45) is 0. The molecular weight excluding hydrogens is 373 g/mol. The summed E-state index contributed by atoms with van der Waals surface area (Å²) in [7, 11) is 0. The molecule has 0 spiro atoms. The lowest BCUT2D eigenvalue weighted by molar-refractivity contribution is 0.620. The fourth-order valence-corrected chi connectivity index (χ4v) is 2.65. The second-order valence-corrected chi connectivity index (χ2v) is 6.27. The van der Waals surface area contributed by atoms with Gasteiger partial charge in [0.1, 0.15) is 5.82 Å². The second kappa shape index (κ2) is 6.06. The molecule has 1 unspecified atom stereocenters. The summed E-state index contributed by atoms with van der Waals surface area (Å²) < 4.78 is 14.9. The van der Waals surface area contributed by atoms with E-state index in [1.54, 1.807) is 6.07 Å². The molecule has 1 N–H and O–H groups in total. The molecule has 0 amide bonds. The van der Waals surface area contributed by atoms with Crippen molar-refractivity contribution in [2.24, 2.45) is 0 Å². The highest BCUT2D eigenvalue weighted by atomic mass is 79.9. The van der Waals surface area contributed by atoms with E-state index in [4.69, 9.17) is 0 Å². The first-order chi connectivity index (χ1) is 8.97. The summed E-state index contributed by atoms with van der Waals surface area (Å²) >= 11 is 6.68. The van der Waals surface area contributed by atoms with Crippen LogP contribution in [0.5, 0.6) is 0 Å². The fraction of sp³-hybridized carbons (Fsp3) is 0.200. The minimum Gasteiger partial charge on any atom is -0.378 e. The molecule has 1 atom stereocenters. The van der Waals surface area contributed by atoms with Crippen molar-refractivity contribution in [3.63, 3.8) is 0 Å². The zero-order chi connectivity index (χ0) is 14.0. The molecule has 2 aromatic carbocycles. The van der Waals surface area contributed by atoms with Crippen molar-refractivity contribution in [3.05, 3.63) is 62.3 Å². The molecule has 4 heteroatoms. The normalized spacial score (nSPS) is 12.3. The zero-order valence-corrected chi connectivity index (χ0v) is 13.8. The maximum absolute atomic E-state index is 13.4. The van der Waals surface area contributed by atoms with E-state index < -0.39 is 0 Å². The monoisotopic (exact) mass is 385 g/mol. The number of aryl methyl sites for hydroxylation is 1. The molecule has 2 aromatic rings. The number of rotatable bonds is 3. The molecule has 0 bridgehead atoms. The van der Waals surface area contributed by atoms with Crippen LogP contribution >= 0.6 is 31.9 Å². The third-order valence-corrected chi connectivity index (χ3v) is 4.09. The van der Waals surface area contributed by atoms with E-state index in [0.717, 1.165) is 15.7 Å². The average Bonchev–Trinajstić information content (AvgIpc) is 2.36. The van der Waals surface area contributed by atoms with Gasteiger partial charge in [0.15, 0.2) is 0 Å². The van der Waals surface area contributed by atoms with Gasteiger partial charge in [0, 0.05) is 16.2 Å². The molecule has 2 rings (SSSR count). The van der Waals surface area contributed by atoms with Gasteiger partial charge in [-0.2, -0.15) is 0 Å². The third-order valence-electron chi connectivity index (χ3n) is 2.99. The second-order valence-electron chi connectivity index (χ2n) is 4.50. The van der Waals surface area contributed by atoms with Crippen molar-refractivity contribution >= 4 is 37.5 Å². The van der Waals surface area contributed by atoms with Crippen LogP contribution in [0.2, 0.25) is 0 Å². The van der Waals surface area contributed by atoms with Gasteiger partial charge in [-0.05, 0) is 65.2 Å². The van der Waals surface area contributed by atoms with Crippen LogP contribution in [0.15, 0.2) is 45.3 Å². The van der Waals surface area contributed by atoms with Gasteiger partial charge >= 0.3 is 0 Å². The van der Waals surface area contributed by atoms with Crippen molar-refractivity contribution < 1.29 is 4.39 Å². The molecule has 0 aliphatic rings. The first kappa shape index (κ1) is 14.5. The number of nitrogens with one attached hydrogen (secondary N) is 1. The lowest BCUT2D eigenvalue weighted by Crippen LogP contribution is -2.08. The van der Waals surface area contributed by atoms with Crippen LogP contribution in [0.4, 0.5) is 10.1 Å². The van der Waals surface area contributed by atoms with E-state index in [-0.39, 0.29) is 11.9 Å². The highest BCUT2D eigenvalue weighted by Gasteiger charge is 2.10. The Kier molecular flexibility index (Phi) is 4.63. The first-order valence-corrected chi connectivity index (χ1v) is 7.53. The van der Waals surface area contributed by atoms with E-state index in [1.807, 2.05) is 19.1 Å². The van der Waals surface area contributed by atoms with Crippen LogP contribution in [0.3, 0.4) is 0 Å². The number of hydrogen-bond acceptors (Lipinski definition) is 1. The van der Waals surface area contributed by atoms with E-state index in [2.05, 4.69) is 56.2 Å². The van der Waals surface area contributed by atoms with Gasteiger partial charge in [-0.25, -0.2) is 4.39 Å². The molecular formula is C15H14Br2FN. The van der Waals surface area contributed by atoms with Crippen LogP contribution in [0, 0.1) is 12.7 Å². The highest BCUT2D eigenvalue weighted by Crippen LogP contribution is 2.28. The highest BCUT2D eigenvalue weighted by molar-refractivity contribution is 9.10. The van der Waals surface area contributed by atoms with Crippen LogP contribution in [-0.2, 0) is 0 Å². The molecule has 0 aliphatic carbocycles. The Bertz CT molecular complexity index is 599. The minimum absolute atomic E-state index is 0.147. The Morgan fingerprint density at radius 2 is 1.89 bits per heavy atom. The lowest BCUT2D eigenvalue weighted by atomic mass is 10.1. The fourth-order valence-electron chi connectivity index (χ4n) is 1.89. The predicted molar refractivity (Wildman–Crippen MR) is 85.0 cm³/mol. The Morgan fingerprint density at radius 3 is 2.58 bits per heavy atom. The first-order valence-electron chi connectivity index (χ1n) is 5.95. The Hall–Kier alpha value is -0.870. The molecule has 0 aromatic heterocycles. The van der Waals surface area contributed by atoms with E-state index in [9.17, 15) is 4.39 Å². The van der Waals surface area contributed by atoms with Crippen molar-refractivity contribution in [2.75, 3.05) is 5.32 Å². The topological polar surface area (TPSA) is 12.0 Å². The molecule has 0 radical (unpaired) electrons. The van der Waals surface area contributed by atoms with Gasteiger partial charge < -0.3 is 5.32 Å². The minimum atomic E-state index is -0.238. The van der Waals surface area contributed by atoms with Crippen molar-refractivity contribution in [1.29, 1.82) is 0 Å². The van der Waals surface area contributed by atoms with Crippen LogP contribution in [0.25, 0.3) is 0 Å². The van der Waals surface area contributed by atoms with Crippen molar-refractivity contribution in [1.82, 2.24) is 0 Å². The molecule has 0 fully saturated rings. The van der Waals surface area contributed by atoms with Gasteiger partial charge in [0.25, 0.3) is 0 Å². The molecule has 0 heterocycles. The zero-order valence-electron chi connectivity index (χ0n) is 10.7. The van der Waals surface area contributed by atoms with Crippen LogP contribution in [0.1, 0.15) is 24.1 Å². The van der Waals surface area contributed by atoms with Gasteiger partial charge in [-0.3, -0.25) is 0 Å². The van der Waals surface area contributed by atoms with Crippen molar-refractivity contribution in [3.8, 4) is 0 Å². The third kappa shape index (κ3) is 3.57. The average molecular weight is 387 g/mol. The Morgan fingerprint density at radius 1 is 1.16 bits per heavy atom. The van der Waals surface area contributed by atoms with Crippen LogP contribution < -0.4 is 5.32 Å². The molecule has 0 aliphatic heterocycles. The molecule has 0 saturated heterocycles. The van der Waals surface area contributed by atoms with Gasteiger partial charge in [-0.1, -0.05) is 28.1 Å². The maximum atomic E-state index is 13.4. The number of hydrogen-bond donors (Lipinski definition) is 1. The molecule has 19 heavy (non-hydrogen) atoms. The number of halogens is 3. The van der Waals surface area contributed by atoms with Crippen molar-refractivity contribution in [2.45, 2.75) is 19.9 Å². The number of benzene rings is 2. The quantitative estimate of drug-likeness (QED) is 0.699. The summed E-state index contributed by atoms with van der Waals surface area (Å²) in [6, 6.07) is 11.6. The van der Waals surface area contributed by atoms with Gasteiger partial charge in [-0.15, -0.1) is 0 Å². The van der Waals surface area contributed by atoms with Gasteiger partial charge in [0.2, 0.25) is 0 Å². The summed E-state index contributed by atoms with van der Waals surface area (Å²) in [5, 5.41) is 3.40. The van der Waals surface area contributed by atoms with E-state index >= 15 is 0 Å². The van der Waals surface area contributed by atoms with Gasteiger partial charge in [0.05, 0.1) is 4.47 Å². The summed E-state index contributed by atoms with van der Waals surface area (Å²) in [4.78, 5) is 0. The maximum Gasteiger partial charge on any atom is 0.137 e. The molecule has 0 saturated carbocycles. The molecule has 100 valence electrons. The SMILES string of the molecule is Cc1cc(F)c(Br)cc1NC(C)c1cccc(Br)c1. The largest absolute Gasteiger partial charge is 0.378 e. The standard InChI is InChI=1S/C15H14Br2FN/c1-9-6-14(18)13(17)8-15(9)19-10(2)11-4-3-5-12(16)7-11/h3-8,10,19H,1-2H3. The van der Waals surface area contributed by atoms with Crippen LogP contribution in [-0.4, -0.2) is 0 Å². The summed E-state index contributed by atoms with van der Waals surface area (Å²) in [6.45, 7) is 3.98. The predicted octanol–water partition coefficient (Wildman–Crippen LogP) is 5.83. The summed E-state index contributed by atoms with van der Waals surface area (Å²) in [5.74, 6) is -0.238. The summed E-state index contributed by atoms with van der Waals surface area (Å²) in [5.41, 5.74) is 3.00. The van der Waals surface area contributed by atoms with E-state index in [1.165, 1.54) is 11.6 Å². The Balaban J connectivity index is 2.24.